The number of rotatable bonds is 9. The summed E-state index contributed by atoms with van der Waals surface area (Å²) in [6.07, 6.45) is 12.3. The third-order valence-corrected chi connectivity index (χ3v) is 5.82. The monoisotopic (exact) mass is 300 g/mol. The molecule has 0 radical (unpaired) electrons. The van der Waals surface area contributed by atoms with Crippen LogP contribution in [0.5, 0.6) is 0 Å². The largest absolute Gasteiger partial charge is 0.355 e. The average molecular weight is 301 g/mol. The molecule has 0 spiro atoms. The highest BCUT2D eigenvalue weighted by atomic mass is 32.2. The van der Waals surface area contributed by atoms with Crippen molar-refractivity contribution in [3.8, 4) is 0 Å². The van der Waals surface area contributed by atoms with Crippen molar-refractivity contribution in [1.82, 2.24) is 10.6 Å². The SMILES string of the molecule is CCCCCNC(=O)C(C)NCC1(SC)CCCCC1. The first-order valence-electron chi connectivity index (χ1n) is 8.20. The van der Waals surface area contributed by atoms with Gasteiger partial charge in [0.25, 0.3) is 0 Å². The number of amides is 1. The predicted molar refractivity (Wildman–Crippen MR) is 89.3 cm³/mol. The van der Waals surface area contributed by atoms with Gasteiger partial charge in [0, 0.05) is 17.8 Å². The van der Waals surface area contributed by atoms with E-state index in [4.69, 9.17) is 0 Å². The van der Waals surface area contributed by atoms with Gasteiger partial charge in [0.15, 0.2) is 0 Å². The second-order valence-electron chi connectivity index (χ2n) is 6.05. The van der Waals surface area contributed by atoms with Crippen LogP contribution < -0.4 is 10.6 Å². The second-order valence-corrected chi connectivity index (χ2v) is 7.32. The molecule has 1 atom stereocenters. The standard InChI is InChI=1S/C16H32N2OS/c1-4-5-9-12-17-15(19)14(2)18-13-16(20-3)10-7-6-8-11-16/h14,18H,4-13H2,1-3H3,(H,17,19). The Hall–Kier alpha value is -0.220. The number of carbonyl (C=O) groups is 1. The lowest BCUT2D eigenvalue weighted by atomic mass is 9.88. The Balaban J connectivity index is 2.26. The minimum absolute atomic E-state index is 0.0809. The fourth-order valence-electron chi connectivity index (χ4n) is 2.82. The molecule has 0 saturated heterocycles. The van der Waals surface area contributed by atoms with E-state index in [1.807, 2.05) is 18.7 Å². The fourth-order valence-corrected chi connectivity index (χ4v) is 3.75. The summed E-state index contributed by atoms with van der Waals surface area (Å²) in [5, 5.41) is 6.48. The Kier molecular flexibility index (Phi) is 8.62. The van der Waals surface area contributed by atoms with Crippen LogP contribution in [-0.2, 0) is 4.79 Å². The molecular formula is C16H32N2OS. The predicted octanol–water partition coefficient (Wildman–Crippen LogP) is 3.34. The van der Waals surface area contributed by atoms with Gasteiger partial charge in [-0.05, 0) is 32.4 Å². The van der Waals surface area contributed by atoms with Crippen LogP contribution in [0.25, 0.3) is 0 Å². The smallest absolute Gasteiger partial charge is 0.236 e. The van der Waals surface area contributed by atoms with Gasteiger partial charge in [-0.2, -0.15) is 11.8 Å². The molecule has 0 aromatic carbocycles. The van der Waals surface area contributed by atoms with Gasteiger partial charge in [-0.3, -0.25) is 4.79 Å². The molecule has 0 aromatic heterocycles. The van der Waals surface area contributed by atoms with Gasteiger partial charge in [0.2, 0.25) is 5.91 Å². The summed E-state index contributed by atoms with van der Waals surface area (Å²) >= 11 is 1.98. The molecule has 1 fully saturated rings. The Morgan fingerprint density at radius 2 is 1.95 bits per heavy atom. The highest BCUT2D eigenvalue weighted by molar-refractivity contribution is 8.00. The maximum Gasteiger partial charge on any atom is 0.236 e. The summed E-state index contributed by atoms with van der Waals surface area (Å²) < 4.78 is 0.356. The number of unbranched alkanes of at least 4 members (excludes halogenated alkanes) is 2. The van der Waals surface area contributed by atoms with Gasteiger partial charge in [-0.15, -0.1) is 0 Å². The molecule has 118 valence electrons. The van der Waals surface area contributed by atoms with Gasteiger partial charge in [0.05, 0.1) is 6.04 Å². The lowest BCUT2D eigenvalue weighted by molar-refractivity contribution is -0.122. The van der Waals surface area contributed by atoms with E-state index in [0.717, 1.165) is 19.5 Å². The minimum Gasteiger partial charge on any atom is -0.355 e. The molecule has 0 heterocycles. The van der Waals surface area contributed by atoms with Crippen molar-refractivity contribution in [3.05, 3.63) is 0 Å². The lowest BCUT2D eigenvalue weighted by Gasteiger charge is -2.36. The Morgan fingerprint density at radius 3 is 2.55 bits per heavy atom. The number of thioether (sulfide) groups is 1. The quantitative estimate of drug-likeness (QED) is 0.642. The van der Waals surface area contributed by atoms with E-state index >= 15 is 0 Å². The van der Waals surface area contributed by atoms with Crippen molar-refractivity contribution in [2.45, 2.75) is 76.0 Å². The summed E-state index contributed by atoms with van der Waals surface area (Å²) in [5.74, 6) is 0.146. The number of nitrogens with one attached hydrogen (secondary N) is 2. The Bertz CT molecular complexity index is 278. The zero-order valence-electron chi connectivity index (χ0n) is 13.5. The molecule has 0 bridgehead atoms. The van der Waals surface area contributed by atoms with Gasteiger partial charge < -0.3 is 10.6 Å². The zero-order chi connectivity index (χ0) is 14.8. The molecule has 0 aliphatic heterocycles. The molecule has 2 N–H and O–H groups in total. The van der Waals surface area contributed by atoms with Crippen molar-refractivity contribution in [2.24, 2.45) is 0 Å². The van der Waals surface area contributed by atoms with E-state index < -0.39 is 0 Å². The summed E-state index contributed by atoms with van der Waals surface area (Å²) in [6.45, 7) is 5.92. The Labute approximate surface area is 129 Å². The van der Waals surface area contributed by atoms with Gasteiger partial charge in [-0.1, -0.05) is 39.0 Å². The number of hydrogen-bond acceptors (Lipinski definition) is 3. The van der Waals surface area contributed by atoms with Crippen molar-refractivity contribution in [2.75, 3.05) is 19.3 Å². The van der Waals surface area contributed by atoms with Crippen LogP contribution in [-0.4, -0.2) is 36.0 Å². The first-order chi connectivity index (χ1) is 9.63. The van der Waals surface area contributed by atoms with Crippen molar-refractivity contribution >= 4 is 17.7 Å². The van der Waals surface area contributed by atoms with Gasteiger partial charge in [0.1, 0.15) is 0 Å². The fraction of sp³-hybridized carbons (Fsp3) is 0.938. The summed E-state index contributed by atoms with van der Waals surface area (Å²) in [6, 6.07) is -0.0809. The van der Waals surface area contributed by atoms with Crippen LogP contribution >= 0.6 is 11.8 Å². The zero-order valence-corrected chi connectivity index (χ0v) is 14.3. The van der Waals surface area contributed by atoms with Crippen molar-refractivity contribution < 1.29 is 4.79 Å². The molecule has 20 heavy (non-hydrogen) atoms. The van der Waals surface area contributed by atoms with Crippen molar-refractivity contribution in [3.63, 3.8) is 0 Å². The van der Waals surface area contributed by atoms with E-state index in [9.17, 15) is 4.79 Å². The van der Waals surface area contributed by atoms with Crippen LogP contribution in [0.15, 0.2) is 0 Å². The second kappa shape index (κ2) is 9.67. The highest BCUT2D eigenvalue weighted by Gasteiger charge is 2.31. The highest BCUT2D eigenvalue weighted by Crippen LogP contribution is 2.37. The summed E-state index contributed by atoms with van der Waals surface area (Å²) in [5.41, 5.74) is 0. The molecule has 1 aliphatic rings. The van der Waals surface area contributed by atoms with E-state index in [-0.39, 0.29) is 11.9 Å². The molecule has 3 nitrogen and oxygen atoms in total. The molecule has 4 heteroatoms. The maximum atomic E-state index is 12.0. The van der Waals surface area contributed by atoms with Crippen LogP contribution in [0.1, 0.15) is 65.2 Å². The van der Waals surface area contributed by atoms with Crippen LogP contribution in [0, 0.1) is 0 Å². The van der Waals surface area contributed by atoms with Crippen molar-refractivity contribution in [1.29, 1.82) is 0 Å². The van der Waals surface area contributed by atoms with E-state index in [0.29, 0.717) is 4.75 Å². The van der Waals surface area contributed by atoms with E-state index in [1.54, 1.807) is 0 Å². The first-order valence-corrected chi connectivity index (χ1v) is 9.42. The number of carbonyl (C=O) groups excluding carboxylic acids is 1. The molecule has 1 unspecified atom stereocenters. The summed E-state index contributed by atoms with van der Waals surface area (Å²) in [4.78, 5) is 12.0. The van der Waals surface area contributed by atoms with Crippen LogP contribution in [0.4, 0.5) is 0 Å². The molecule has 1 amide bonds. The topological polar surface area (TPSA) is 41.1 Å². The first kappa shape index (κ1) is 17.8. The lowest BCUT2D eigenvalue weighted by Crippen LogP contribution is -2.48. The van der Waals surface area contributed by atoms with Gasteiger partial charge >= 0.3 is 0 Å². The van der Waals surface area contributed by atoms with E-state index in [2.05, 4.69) is 23.8 Å². The third-order valence-electron chi connectivity index (χ3n) is 4.40. The molecule has 0 aromatic rings. The average Bonchev–Trinajstić information content (AvgIpc) is 2.50. The van der Waals surface area contributed by atoms with Gasteiger partial charge in [-0.25, -0.2) is 0 Å². The molecular weight excluding hydrogens is 268 g/mol. The van der Waals surface area contributed by atoms with Crippen LogP contribution in [0.2, 0.25) is 0 Å². The minimum atomic E-state index is -0.0809. The Morgan fingerprint density at radius 1 is 1.25 bits per heavy atom. The molecule has 1 aliphatic carbocycles. The number of hydrogen-bond donors (Lipinski definition) is 2. The van der Waals surface area contributed by atoms with E-state index in [1.165, 1.54) is 44.9 Å². The third kappa shape index (κ3) is 6.04. The molecule has 1 saturated carbocycles. The normalized spacial score (nSPS) is 19.6. The summed E-state index contributed by atoms with van der Waals surface area (Å²) in [7, 11) is 0. The molecule has 1 rings (SSSR count). The van der Waals surface area contributed by atoms with Crippen LogP contribution in [0.3, 0.4) is 0 Å². The maximum absolute atomic E-state index is 12.0.